The van der Waals surface area contributed by atoms with Crippen molar-refractivity contribution in [2.45, 2.75) is 6.42 Å². The van der Waals surface area contributed by atoms with Crippen LogP contribution in [-0.4, -0.2) is 12.5 Å². The van der Waals surface area contributed by atoms with Crippen LogP contribution in [0.4, 0.5) is 0 Å². The van der Waals surface area contributed by atoms with E-state index in [0.29, 0.717) is 0 Å². The smallest absolute Gasteiger partial charge is 0.236 e. The SMILES string of the molecule is N#CNC(=O)CCOc1ccccc1. The van der Waals surface area contributed by atoms with E-state index in [1.807, 2.05) is 35.6 Å². The largest absolute Gasteiger partial charge is 0.493 e. The molecule has 1 aromatic carbocycles. The van der Waals surface area contributed by atoms with E-state index in [0.717, 1.165) is 5.75 Å². The average Bonchev–Trinajstić information content (AvgIpc) is 2.20. The maximum atomic E-state index is 10.8. The molecule has 4 nitrogen and oxygen atoms in total. The highest BCUT2D eigenvalue weighted by atomic mass is 16.5. The van der Waals surface area contributed by atoms with Gasteiger partial charge in [-0.2, -0.15) is 5.26 Å². The molecule has 0 atom stereocenters. The number of hydrogen-bond acceptors (Lipinski definition) is 3. The predicted molar refractivity (Wildman–Crippen MR) is 50.3 cm³/mol. The minimum Gasteiger partial charge on any atom is -0.493 e. The van der Waals surface area contributed by atoms with Crippen LogP contribution in [0.25, 0.3) is 0 Å². The Bertz CT molecular complexity index is 330. The average molecular weight is 190 g/mol. The Kier molecular flexibility index (Phi) is 4.02. The van der Waals surface area contributed by atoms with Gasteiger partial charge in [-0.3, -0.25) is 10.1 Å². The molecule has 0 saturated heterocycles. The molecular formula is C10H10N2O2. The third-order valence-electron chi connectivity index (χ3n) is 1.54. The highest BCUT2D eigenvalue weighted by Crippen LogP contribution is 2.07. The molecule has 14 heavy (non-hydrogen) atoms. The van der Waals surface area contributed by atoms with Gasteiger partial charge in [-0.15, -0.1) is 0 Å². The highest BCUT2D eigenvalue weighted by molar-refractivity contribution is 5.77. The maximum absolute atomic E-state index is 10.8. The molecule has 1 rings (SSSR count). The van der Waals surface area contributed by atoms with E-state index in [4.69, 9.17) is 10.00 Å². The topological polar surface area (TPSA) is 62.1 Å². The summed E-state index contributed by atoms with van der Waals surface area (Å²) in [6.07, 6.45) is 1.74. The predicted octanol–water partition coefficient (Wildman–Crippen LogP) is 1.05. The van der Waals surface area contributed by atoms with Crippen LogP contribution in [0.1, 0.15) is 6.42 Å². The molecule has 1 N–H and O–H groups in total. The fourth-order valence-corrected chi connectivity index (χ4v) is 0.903. The summed E-state index contributed by atoms with van der Waals surface area (Å²) in [5.41, 5.74) is 0. The first-order valence-corrected chi connectivity index (χ1v) is 4.18. The molecule has 0 unspecified atom stereocenters. The number of rotatable bonds is 4. The van der Waals surface area contributed by atoms with Gasteiger partial charge in [0.25, 0.3) is 0 Å². The van der Waals surface area contributed by atoms with E-state index >= 15 is 0 Å². The molecule has 4 heteroatoms. The molecule has 72 valence electrons. The van der Waals surface area contributed by atoms with Gasteiger partial charge in [0.2, 0.25) is 5.91 Å². The molecule has 0 fully saturated rings. The molecule has 0 aliphatic carbocycles. The number of benzene rings is 1. The monoisotopic (exact) mass is 190 g/mol. The summed E-state index contributed by atoms with van der Waals surface area (Å²) in [5, 5.41) is 10.1. The van der Waals surface area contributed by atoms with Gasteiger partial charge in [-0.1, -0.05) is 18.2 Å². The zero-order valence-electron chi connectivity index (χ0n) is 7.56. The Labute approximate surface area is 82.1 Å². The van der Waals surface area contributed by atoms with Crippen molar-refractivity contribution < 1.29 is 9.53 Å². The second-order valence-corrected chi connectivity index (χ2v) is 2.57. The third-order valence-corrected chi connectivity index (χ3v) is 1.54. The van der Waals surface area contributed by atoms with Crippen LogP contribution in [0.15, 0.2) is 30.3 Å². The summed E-state index contributed by atoms with van der Waals surface area (Å²) >= 11 is 0. The standard InChI is InChI=1S/C10H10N2O2/c11-8-12-10(13)6-7-14-9-4-2-1-3-5-9/h1-5H,6-7H2,(H,12,13). The second-order valence-electron chi connectivity index (χ2n) is 2.57. The van der Waals surface area contributed by atoms with Gasteiger partial charge in [0, 0.05) is 0 Å². The molecule has 1 amide bonds. The summed E-state index contributed by atoms with van der Waals surface area (Å²) in [5.74, 6) is 0.390. The fourth-order valence-electron chi connectivity index (χ4n) is 0.903. The van der Waals surface area contributed by atoms with Gasteiger partial charge in [0.15, 0.2) is 6.19 Å². The molecule has 0 saturated carbocycles. The number of nitriles is 1. The molecule has 1 aromatic rings. The van der Waals surface area contributed by atoms with Gasteiger partial charge < -0.3 is 4.74 Å². The van der Waals surface area contributed by atoms with Crippen LogP contribution in [0.3, 0.4) is 0 Å². The van der Waals surface area contributed by atoms with Crippen LogP contribution >= 0.6 is 0 Å². The summed E-state index contributed by atoms with van der Waals surface area (Å²) in [7, 11) is 0. The van der Waals surface area contributed by atoms with Gasteiger partial charge in [0.05, 0.1) is 13.0 Å². The van der Waals surface area contributed by atoms with Crippen molar-refractivity contribution in [3.05, 3.63) is 30.3 Å². The van der Waals surface area contributed by atoms with Crippen LogP contribution in [0, 0.1) is 11.5 Å². The second kappa shape index (κ2) is 5.60. The number of amides is 1. The highest BCUT2D eigenvalue weighted by Gasteiger charge is 1.99. The lowest BCUT2D eigenvalue weighted by atomic mass is 10.3. The fraction of sp³-hybridized carbons (Fsp3) is 0.200. The first-order valence-electron chi connectivity index (χ1n) is 4.18. The van der Waals surface area contributed by atoms with Gasteiger partial charge >= 0.3 is 0 Å². The molecule has 0 radical (unpaired) electrons. The Morgan fingerprint density at radius 3 is 2.79 bits per heavy atom. The van der Waals surface area contributed by atoms with Crippen molar-refractivity contribution in [2.24, 2.45) is 0 Å². The zero-order chi connectivity index (χ0) is 10.2. The van der Waals surface area contributed by atoms with E-state index in [-0.39, 0.29) is 18.9 Å². The van der Waals surface area contributed by atoms with Crippen LogP contribution in [0.5, 0.6) is 5.75 Å². The van der Waals surface area contributed by atoms with Gasteiger partial charge in [0.1, 0.15) is 5.75 Å². The number of carbonyl (C=O) groups excluding carboxylic acids is 1. The zero-order valence-corrected chi connectivity index (χ0v) is 7.56. The number of carbonyl (C=O) groups is 1. The van der Waals surface area contributed by atoms with Crippen LogP contribution < -0.4 is 10.1 Å². The first-order chi connectivity index (χ1) is 6.83. The Morgan fingerprint density at radius 1 is 1.43 bits per heavy atom. The van der Waals surface area contributed by atoms with E-state index in [1.54, 1.807) is 6.19 Å². The van der Waals surface area contributed by atoms with E-state index in [1.165, 1.54) is 0 Å². The summed E-state index contributed by atoms with van der Waals surface area (Å²) < 4.78 is 5.25. The molecule has 0 spiro atoms. The minimum absolute atomic E-state index is 0.183. The molecule has 0 aliphatic heterocycles. The summed E-state index contributed by atoms with van der Waals surface area (Å²) in [4.78, 5) is 10.8. The van der Waals surface area contributed by atoms with Crippen molar-refractivity contribution in [3.63, 3.8) is 0 Å². The Hall–Kier alpha value is -2.02. The molecule has 0 bridgehead atoms. The van der Waals surface area contributed by atoms with E-state index in [9.17, 15) is 4.79 Å². The number of hydrogen-bond donors (Lipinski definition) is 1. The minimum atomic E-state index is -0.330. The van der Waals surface area contributed by atoms with Crippen LogP contribution in [0.2, 0.25) is 0 Å². The van der Waals surface area contributed by atoms with Crippen molar-refractivity contribution in [3.8, 4) is 11.9 Å². The van der Waals surface area contributed by atoms with E-state index in [2.05, 4.69) is 0 Å². The number of nitrogens with zero attached hydrogens (tertiary/aromatic N) is 1. The third kappa shape index (κ3) is 3.59. The number of para-hydroxylation sites is 1. The summed E-state index contributed by atoms with van der Waals surface area (Å²) in [6, 6.07) is 9.20. The number of nitrogens with one attached hydrogen (secondary N) is 1. The molecular weight excluding hydrogens is 180 g/mol. The van der Waals surface area contributed by atoms with Crippen LogP contribution in [-0.2, 0) is 4.79 Å². The normalized spacial score (nSPS) is 8.79. The quantitative estimate of drug-likeness (QED) is 0.570. The molecule has 0 heterocycles. The van der Waals surface area contributed by atoms with Crippen molar-refractivity contribution >= 4 is 5.91 Å². The molecule has 0 aliphatic rings. The Morgan fingerprint density at radius 2 is 2.14 bits per heavy atom. The first kappa shape index (κ1) is 10.1. The lowest BCUT2D eigenvalue weighted by Gasteiger charge is -2.03. The lowest BCUT2D eigenvalue weighted by molar-refractivity contribution is -0.120. The Balaban J connectivity index is 2.23. The van der Waals surface area contributed by atoms with Gasteiger partial charge in [-0.05, 0) is 12.1 Å². The van der Waals surface area contributed by atoms with Crippen molar-refractivity contribution in [2.75, 3.05) is 6.61 Å². The molecule has 0 aromatic heterocycles. The lowest BCUT2D eigenvalue weighted by Crippen LogP contribution is -2.19. The maximum Gasteiger partial charge on any atom is 0.236 e. The number of ether oxygens (including phenoxy) is 1. The van der Waals surface area contributed by atoms with Gasteiger partial charge in [-0.25, -0.2) is 0 Å². The van der Waals surface area contributed by atoms with Crippen molar-refractivity contribution in [1.29, 1.82) is 5.26 Å². The van der Waals surface area contributed by atoms with Crippen molar-refractivity contribution in [1.82, 2.24) is 5.32 Å². The van der Waals surface area contributed by atoms with E-state index < -0.39 is 0 Å². The summed E-state index contributed by atoms with van der Waals surface area (Å²) in [6.45, 7) is 0.275.